The molecule has 3 aromatic heterocycles. The summed E-state index contributed by atoms with van der Waals surface area (Å²) in [6.45, 7) is 7.01. The molecule has 3 atom stereocenters. The third-order valence-electron chi connectivity index (χ3n) is 8.62. The number of benzene rings is 1. The third-order valence-corrected chi connectivity index (χ3v) is 8.62. The molecule has 3 fully saturated rings. The van der Waals surface area contributed by atoms with Crippen LogP contribution in [0.2, 0.25) is 0 Å². The number of fused-ring (bicyclic) bond motifs is 4. The van der Waals surface area contributed by atoms with Crippen LogP contribution < -0.4 is 15.0 Å². The monoisotopic (exact) mass is 568 g/mol. The normalized spacial score (nSPS) is 22.2. The van der Waals surface area contributed by atoms with Crippen molar-refractivity contribution < 1.29 is 13.9 Å². The number of likely N-dealkylation sites (tertiary alicyclic amines) is 1. The standard InChI is InChI=1S/C31H33FN8O2/c1-19-4-2-5-20-13-34-14-24(26(19)20)28-27(32)29-25(15-36-28)30(40-10-8-35-21(16-40)6-7-33)38-31(37-29)41-11-3-9-39-17-23-12-22(39)18-42-23/h2,4-5,13-15,21-23,35H,3,6,8-12,16-18H2,1H3/t21-,22-,23-/m0/s1. The fourth-order valence-corrected chi connectivity index (χ4v) is 6.57. The molecule has 2 bridgehead atoms. The van der Waals surface area contributed by atoms with Gasteiger partial charge in [0.2, 0.25) is 0 Å². The SMILES string of the molecule is Cc1cccc2cncc(-c3ncc4c(N5CCN[C@@H](CC#N)C5)nc(OCCCN5C[C@@H]6C[C@H]5CO6)nc4c3F)c12. The van der Waals surface area contributed by atoms with E-state index in [0.717, 1.165) is 48.9 Å². The number of nitrogens with one attached hydrogen (secondary N) is 1. The van der Waals surface area contributed by atoms with Crippen molar-refractivity contribution in [3.05, 3.63) is 48.2 Å². The van der Waals surface area contributed by atoms with Gasteiger partial charge in [-0.2, -0.15) is 15.2 Å². The topological polar surface area (TPSA) is 112 Å². The molecule has 1 aromatic carbocycles. The van der Waals surface area contributed by atoms with Crippen molar-refractivity contribution in [3.63, 3.8) is 0 Å². The number of hydrogen-bond donors (Lipinski definition) is 1. The third kappa shape index (κ3) is 5.00. The number of nitriles is 1. The molecule has 0 unspecified atom stereocenters. The summed E-state index contributed by atoms with van der Waals surface area (Å²) < 4.78 is 28.3. The molecule has 10 nitrogen and oxygen atoms in total. The maximum absolute atomic E-state index is 16.5. The van der Waals surface area contributed by atoms with Crippen LogP contribution >= 0.6 is 0 Å². The summed E-state index contributed by atoms with van der Waals surface area (Å²) >= 11 is 0. The van der Waals surface area contributed by atoms with E-state index in [-0.39, 0.29) is 23.3 Å². The van der Waals surface area contributed by atoms with Crippen LogP contribution in [0.4, 0.5) is 10.2 Å². The maximum atomic E-state index is 16.5. The average Bonchev–Trinajstić information content (AvgIpc) is 3.64. The van der Waals surface area contributed by atoms with Gasteiger partial charge in [-0.15, -0.1) is 0 Å². The van der Waals surface area contributed by atoms with Crippen molar-refractivity contribution in [1.29, 1.82) is 5.26 Å². The fraction of sp³-hybridized carbons (Fsp3) is 0.452. The van der Waals surface area contributed by atoms with Crippen LogP contribution in [0.5, 0.6) is 6.01 Å². The van der Waals surface area contributed by atoms with E-state index >= 15 is 4.39 Å². The van der Waals surface area contributed by atoms with Crippen molar-refractivity contribution >= 4 is 27.5 Å². The number of aryl methyl sites for hydroxylation is 1. The second kappa shape index (κ2) is 11.4. The zero-order valence-electron chi connectivity index (χ0n) is 23.6. The van der Waals surface area contributed by atoms with Crippen LogP contribution in [0, 0.1) is 24.1 Å². The first kappa shape index (κ1) is 26.9. The summed E-state index contributed by atoms with van der Waals surface area (Å²) in [5, 5.41) is 15.0. The predicted octanol–water partition coefficient (Wildman–Crippen LogP) is 3.62. The molecular formula is C31H33FN8O2. The van der Waals surface area contributed by atoms with Crippen molar-refractivity contribution in [2.75, 3.05) is 50.8 Å². The van der Waals surface area contributed by atoms with Crippen molar-refractivity contribution in [2.45, 2.75) is 44.4 Å². The Hall–Kier alpha value is -3.98. The number of nitrogens with zero attached hydrogens (tertiary/aromatic N) is 7. The highest BCUT2D eigenvalue weighted by Crippen LogP contribution is 2.35. The quantitative estimate of drug-likeness (QED) is 0.316. The van der Waals surface area contributed by atoms with E-state index in [4.69, 9.17) is 14.5 Å². The lowest BCUT2D eigenvalue weighted by molar-refractivity contribution is 0.0287. The van der Waals surface area contributed by atoms with Gasteiger partial charge >= 0.3 is 6.01 Å². The Labute approximate surface area is 243 Å². The highest BCUT2D eigenvalue weighted by Gasteiger charge is 2.38. The molecule has 7 rings (SSSR count). The molecule has 11 heteroatoms. The van der Waals surface area contributed by atoms with Gasteiger partial charge < -0.3 is 19.7 Å². The van der Waals surface area contributed by atoms with Crippen LogP contribution in [0.25, 0.3) is 32.9 Å². The first-order valence-electron chi connectivity index (χ1n) is 14.6. The van der Waals surface area contributed by atoms with E-state index in [1.165, 1.54) is 0 Å². The summed E-state index contributed by atoms with van der Waals surface area (Å²) in [4.78, 5) is 22.8. The molecule has 42 heavy (non-hydrogen) atoms. The lowest BCUT2D eigenvalue weighted by Crippen LogP contribution is -2.51. The Kier molecular flexibility index (Phi) is 7.27. The van der Waals surface area contributed by atoms with Crippen molar-refractivity contribution in [3.8, 4) is 23.3 Å². The van der Waals surface area contributed by atoms with E-state index in [0.29, 0.717) is 61.6 Å². The van der Waals surface area contributed by atoms with Gasteiger partial charge in [-0.05, 0) is 30.7 Å². The van der Waals surface area contributed by atoms with E-state index in [1.807, 2.05) is 25.1 Å². The highest BCUT2D eigenvalue weighted by molar-refractivity contribution is 6.00. The van der Waals surface area contributed by atoms with Crippen molar-refractivity contribution in [2.24, 2.45) is 0 Å². The van der Waals surface area contributed by atoms with Gasteiger partial charge in [-0.3, -0.25) is 14.9 Å². The smallest absolute Gasteiger partial charge is 0.319 e. The molecule has 3 saturated heterocycles. The lowest BCUT2D eigenvalue weighted by atomic mass is 10.00. The molecule has 0 spiro atoms. The first-order valence-corrected chi connectivity index (χ1v) is 14.6. The van der Waals surface area contributed by atoms with Gasteiger partial charge in [-0.25, -0.2) is 4.39 Å². The minimum Gasteiger partial charge on any atom is -0.463 e. The molecule has 0 saturated carbocycles. The second-order valence-electron chi connectivity index (χ2n) is 11.4. The Balaban J connectivity index is 1.24. The van der Waals surface area contributed by atoms with Crippen LogP contribution in [-0.2, 0) is 4.74 Å². The molecule has 3 aliphatic rings. The number of hydrogen-bond acceptors (Lipinski definition) is 10. The molecule has 0 amide bonds. The minimum absolute atomic E-state index is 0.0141. The zero-order valence-corrected chi connectivity index (χ0v) is 23.6. The molecule has 3 aliphatic heterocycles. The Morgan fingerprint density at radius 2 is 2.14 bits per heavy atom. The second-order valence-corrected chi connectivity index (χ2v) is 11.4. The zero-order chi connectivity index (χ0) is 28.6. The van der Waals surface area contributed by atoms with Gasteiger partial charge in [-0.1, -0.05) is 18.2 Å². The lowest BCUT2D eigenvalue weighted by Gasteiger charge is -2.34. The number of pyridine rings is 2. The van der Waals surface area contributed by atoms with Gasteiger partial charge in [0, 0.05) is 74.3 Å². The van der Waals surface area contributed by atoms with E-state index in [1.54, 1.807) is 18.6 Å². The summed E-state index contributed by atoms with van der Waals surface area (Å²) in [7, 11) is 0. The number of halogens is 1. The van der Waals surface area contributed by atoms with Gasteiger partial charge in [0.1, 0.15) is 17.0 Å². The van der Waals surface area contributed by atoms with Crippen LogP contribution in [0.1, 0.15) is 24.8 Å². The molecule has 216 valence electrons. The van der Waals surface area contributed by atoms with Crippen molar-refractivity contribution in [1.82, 2.24) is 30.2 Å². The van der Waals surface area contributed by atoms with Gasteiger partial charge in [0.25, 0.3) is 0 Å². The number of rotatable bonds is 8. The molecule has 4 aromatic rings. The predicted molar refractivity (Wildman–Crippen MR) is 157 cm³/mol. The van der Waals surface area contributed by atoms with E-state index in [9.17, 15) is 5.26 Å². The van der Waals surface area contributed by atoms with E-state index in [2.05, 4.69) is 36.1 Å². The summed E-state index contributed by atoms with van der Waals surface area (Å²) in [5.74, 6) is 0.0361. The molecule has 1 N–H and O–H groups in total. The number of morpholine rings is 1. The minimum atomic E-state index is -0.532. The maximum Gasteiger partial charge on any atom is 0.319 e. The Bertz CT molecular complexity index is 1670. The molecule has 0 radical (unpaired) electrons. The summed E-state index contributed by atoms with van der Waals surface area (Å²) in [5.41, 5.74) is 1.99. The largest absolute Gasteiger partial charge is 0.463 e. The molecule has 6 heterocycles. The van der Waals surface area contributed by atoms with E-state index < -0.39 is 5.82 Å². The summed E-state index contributed by atoms with van der Waals surface area (Å²) in [6.07, 6.45) is 7.73. The Morgan fingerprint density at radius 3 is 2.98 bits per heavy atom. The fourth-order valence-electron chi connectivity index (χ4n) is 6.57. The highest BCUT2D eigenvalue weighted by atomic mass is 19.1. The first-order chi connectivity index (χ1) is 20.6. The number of ether oxygens (including phenoxy) is 2. The summed E-state index contributed by atoms with van der Waals surface area (Å²) in [6, 6.07) is 8.80. The van der Waals surface area contributed by atoms with Gasteiger partial charge in [0.15, 0.2) is 5.82 Å². The van der Waals surface area contributed by atoms with Crippen LogP contribution in [-0.4, -0.2) is 89.0 Å². The number of piperazine rings is 1. The number of anilines is 1. The van der Waals surface area contributed by atoms with Crippen LogP contribution in [0.15, 0.2) is 36.8 Å². The molecule has 0 aliphatic carbocycles. The van der Waals surface area contributed by atoms with Gasteiger partial charge in [0.05, 0.1) is 37.2 Å². The molecular weight excluding hydrogens is 535 g/mol. The Morgan fingerprint density at radius 1 is 1.21 bits per heavy atom. The average molecular weight is 569 g/mol. The number of aromatic nitrogens is 4. The van der Waals surface area contributed by atoms with Crippen LogP contribution in [0.3, 0.4) is 0 Å².